The number of alkyl halides is 1. The minimum absolute atomic E-state index is 0.00547. The number of nitrogens with one attached hydrogen (secondary N) is 3. The van der Waals surface area contributed by atoms with Crippen molar-refractivity contribution in [1.82, 2.24) is 30.9 Å². The highest BCUT2D eigenvalue weighted by Gasteiger charge is 2.26. The molecule has 4 N–H and O–H groups in total. The lowest BCUT2D eigenvalue weighted by atomic mass is 10.1. The van der Waals surface area contributed by atoms with Gasteiger partial charge in [-0.3, -0.25) is 0 Å². The fourth-order valence-electron chi connectivity index (χ4n) is 3.23. The molecule has 0 aliphatic heterocycles. The molecule has 14 heteroatoms. The number of hydrogen-bond acceptors (Lipinski definition) is 8. The summed E-state index contributed by atoms with van der Waals surface area (Å²) in [6, 6.07) is 5.90. The van der Waals surface area contributed by atoms with Crippen LogP contribution in [0, 0.1) is 0 Å². The molecular weight excluding hydrogens is 491 g/mol. The third kappa shape index (κ3) is 10.9. The molecule has 0 radical (unpaired) electrons. The van der Waals surface area contributed by atoms with Gasteiger partial charge in [-0.25, -0.2) is 28.3 Å². The zero-order chi connectivity index (χ0) is 27.0. The fourth-order valence-corrected chi connectivity index (χ4v) is 3.23. The first-order chi connectivity index (χ1) is 17.8. The van der Waals surface area contributed by atoms with E-state index in [0.717, 1.165) is 12.7 Å². The Morgan fingerprint density at radius 3 is 2.51 bits per heavy atom. The van der Waals surface area contributed by atoms with E-state index in [1.807, 2.05) is 30.3 Å². The molecule has 1 unspecified atom stereocenters. The number of carboxylic acids is 1. The highest BCUT2D eigenvalue weighted by molar-refractivity contribution is 5.86. The predicted molar refractivity (Wildman–Crippen MR) is 127 cm³/mol. The minimum atomic E-state index is -1.26. The van der Waals surface area contributed by atoms with Crippen LogP contribution in [0.3, 0.4) is 0 Å². The number of hydrogen-bond donors (Lipinski definition) is 4. The molecule has 1 aromatic carbocycles. The molecule has 13 nitrogen and oxygen atoms in total. The fraction of sp³-hybridized carbons (Fsp3) is 0.478. The molecule has 0 saturated heterocycles. The van der Waals surface area contributed by atoms with Crippen molar-refractivity contribution in [2.75, 3.05) is 20.3 Å². The maximum Gasteiger partial charge on any atom is 0.407 e. The van der Waals surface area contributed by atoms with Crippen LogP contribution >= 0.6 is 0 Å². The van der Waals surface area contributed by atoms with Crippen molar-refractivity contribution in [2.24, 2.45) is 0 Å². The number of carboxylic acid groups (broad SMARTS) is 1. The Hall–Kier alpha value is -4.23. The summed E-state index contributed by atoms with van der Waals surface area (Å²) in [4.78, 5) is 47.8. The lowest BCUT2D eigenvalue weighted by Crippen LogP contribution is -2.52. The summed E-state index contributed by atoms with van der Waals surface area (Å²) in [6.07, 6.45) is 1.68. The second kappa shape index (κ2) is 15.7. The van der Waals surface area contributed by atoms with Gasteiger partial charge >= 0.3 is 24.1 Å². The summed E-state index contributed by atoms with van der Waals surface area (Å²) in [6.45, 7) is -0.252. The number of carbonyl (C=O) groups excluding carboxylic acids is 3. The van der Waals surface area contributed by atoms with Gasteiger partial charge in [0, 0.05) is 19.2 Å². The average molecular weight is 523 g/mol. The highest BCUT2D eigenvalue weighted by atomic mass is 19.1. The molecule has 0 bridgehead atoms. The van der Waals surface area contributed by atoms with Crippen molar-refractivity contribution >= 4 is 24.1 Å². The number of nitrogens with zero attached hydrogens (tertiary/aromatic N) is 3. The first-order valence-electron chi connectivity index (χ1n) is 11.6. The molecule has 0 aliphatic carbocycles. The van der Waals surface area contributed by atoms with Crippen LogP contribution in [0.5, 0.6) is 0 Å². The smallest absolute Gasteiger partial charge is 0.407 e. The molecule has 37 heavy (non-hydrogen) atoms. The Morgan fingerprint density at radius 2 is 1.84 bits per heavy atom. The number of aromatic nitrogens is 3. The molecule has 0 spiro atoms. The second-order valence-corrected chi connectivity index (χ2v) is 7.93. The van der Waals surface area contributed by atoms with Crippen LogP contribution in [0.4, 0.5) is 14.0 Å². The highest BCUT2D eigenvalue weighted by Crippen LogP contribution is 2.05. The van der Waals surface area contributed by atoms with Crippen molar-refractivity contribution in [3.05, 3.63) is 47.8 Å². The number of carbonyl (C=O) groups is 4. The van der Waals surface area contributed by atoms with Gasteiger partial charge in [-0.2, -0.15) is 0 Å². The van der Waals surface area contributed by atoms with Crippen LogP contribution < -0.4 is 16.0 Å². The summed E-state index contributed by atoms with van der Waals surface area (Å²) in [7, 11) is 1.14. The number of amides is 3. The van der Waals surface area contributed by atoms with E-state index >= 15 is 0 Å². The maximum absolute atomic E-state index is 12.4. The zero-order valence-corrected chi connectivity index (χ0v) is 20.4. The normalized spacial score (nSPS) is 12.2. The Labute approximate surface area is 212 Å². The third-order valence-corrected chi connectivity index (χ3v) is 5.11. The van der Waals surface area contributed by atoms with Crippen LogP contribution in [0.1, 0.15) is 30.5 Å². The standard InChI is InChI=1S/C23H31FN6O7/c1-36-21(33)19(13-17-14-30(12-10-24)29-28-17)27-22(34)26-18(20(31)32)9-5-6-11-25-23(35)37-15-16-7-3-2-4-8-16/h2-4,7-8,14,18-19H,5-6,9-13,15H2,1H3,(H,25,35)(H,31,32)(H2,26,27,34)/t18?,19-/m0/s1. The minimum Gasteiger partial charge on any atom is -0.480 e. The van der Waals surface area contributed by atoms with E-state index in [9.17, 15) is 28.7 Å². The van der Waals surface area contributed by atoms with Crippen molar-refractivity contribution in [3.63, 3.8) is 0 Å². The summed E-state index contributed by atoms with van der Waals surface area (Å²) in [5, 5.41) is 24.3. The lowest BCUT2D eigenvalue weighted by molar-refractivity contribution is -0.142. The summed E-state index contributed by atoms with van der Waals surface area (Å²) >= 11 is 0. The number of esters is 1. The van der Waals surface area contributed by atoms with Gasteiger partial charge in [0.25, 0.3) is 0 Å². The Balaban J connectivity index is 1.74. The van der Waals surface area contributed by atoms with Gasteiger partial charge in [-0.05, 0) is 24.8 Å². The molecule has 1 heterocycles. The average Bonchev–Trinajstić information content (AvgIpc) is 3.33. The molecule has 1 aromatic heterocycles. The van der Waals surface area contributed by atoms with Crippen molar-refractivity contribution in [2.45, 2.75) is 50.9 Å². The topological polar surface area (TPSA) is 174 Å². The summed E-state index contributed by atoms with van der Waals surface area (Å²) in [5.74, 6) is -2.03. The summed E-state index contributed by atoms with van der Waals surface area (Å²) in [5.41, 5.74) is 1.16. The van der Waals surface area contributed by atoms with E-state index in [1.54, 1.807) is 0 Å². The van der Waals surface area contributed by atoms with E-state index in [0.29, 0.717) is 18.5 Å². The van der Waals surface area contributed by atoms with Crippen LogP contribution in [0.25, 0.3) is 0 Å². The predicted octanol–water partition coefficient (Wildman–Crippen LogP) is 1.18. The Morgan fingerprint density at radius 1 is 1.11 bits per heavy atom. The molecule has 0 fully saturated rings. The van der Waals surface area contributed by atoms with Crippen LogP contribution in [0.2, 0.25) is 0 Å². The number of methoxy groups -OCH3 is 1. The summed E-state index contributed by atoms with van der Waals surface area (Å²) < 4.78 is 23.5. The van der Waals surface area contributed by atoms with E-state index in [4.69, 9.17) is 4.74 Å². The lowest BCUT2D eigenvalue weighted by Gasteiger charge is -2.19. The quantitative estimate of drug-likeness (QED) is 0.198. The van der Waals surface area contributed by atoms with Gasteiger partial charge in [0.15, 0.2) is 0 Å². The van der Waals surface area contributed by atoms with E-state index in [2.05, 4.69) is 31.0 Å². The number of ether oxygens (including phenoxy) is 2. The Bertz CT molecular complexity index is 1020. The molecule has 2 rings (SSSR count). The number of aryl methyl sites for hydroxylation is 1. The first-order valence-corrected chi connectivity index (χ1v) is 11.6. The number of urea groups is 1. The third-order valence-electron chi connectivity index (χ3n) is 5.11. The molecule has 202 valence electrons. The number of rotatable bonds is 15. The van der Waals surface area contributed by atoms with Crippen molar-refractivity contribution in [3.8, 4) is 0 Å². The molecule has 2 atom stereocenters. The van der Waals surface area contributed by atoms with Gasteiger partial charge in [0.2, 0.25) is 0 Å². The van der Waals surface area contributed by atoms with Gasteiger partial charge in [-0.15, -0.1) is 5.10 Å². The maximum atomic E-state index is 12.4. The van der Waals surface area contributed by atoms with E-state index in [-0.39, 0.29) is 32.5 Å². The van der Waals surface area contributed by atoms with Crippen LogP contribution in [0.15, 0.2) is 36.5 Å². The largest absolute Gasteiger partial charge is 0.480 e. The van der Waals surface area contributed by atoms with Gasteiger partial charge < -0.3 is 30.5 Å². The van der Waals surface area contributed by atoms with Gasteiger partial charge in [-0.1, -0.05) is 35.5 Å². The molecule has 3 amide bonds. The van der Waals surface area contributed by atoms with Gasteiger partial charge in [0.1, 0.15) is 25.4 Å². The van der Waals surface area contributed by atoms with Gasteiger partial charge in [0.05, 0.1) is 19.3 Å². The number of halogens is 1. The number of unbranched alkanes of at least 4 members (excludes halogenated alkanes) is 1. The molecule has 0 aliphatic rings. The first kappa shape index (κ1) is 29.0. The Kier molecular flexibility index (Phi) is 12.3. The molecular formula is C23H31FN6O7. The van der Waals surface area contributed by atoms with Crippen molar-refractivity contribution in [1.29, 1.82) is 0 Å². The zero-order valence-electron chi connectivity index (χ0n) is 20.4. The number of alkyl carbamates (subject to hydrolysis) is 1. The van der Waals surface area contributed by atoms with Crippen molar-refractivity contribution < 1.29 is 38.1 Å². The SMILES string of the molecule is COC(=O)[C@H](Cc1cn(CCF)nn1)NC(=O)NC(CCCCNC(=O)OCc1ccccc1)C(=O)O. The monoisotopic (exact) mass is 522 g/mol. The number of aliphatic carboxylic acids is 1. The van der Waals surface area contributed by atoms with E-state index < -0.39 is 42.8 Å². The second-order valence-electron chi connectivity index (χ2n) is 7.93. The van der Waals surface area contributed by atoms with Crippen LogP contribution in [-0.2, 0) is 38.6 Å². The van der Waals surface area contributed by atoms with E-state index in [1.165, 1.54) is 10.9 Å². The van der Waals surface area contributed by atoms with Crippen LogP contribution in [-0.4, -0.2) is 76.6 Å². The molecule has 0 saturated carbocycles. The molecule has 2 aromatic rings. The number of benzene rings is 1.